The molecule has 1 aromatic rings. The van der Waals surface area contributed by atoms with Crippen LogP contribution in [0.3, 0.4) is 0 Å². The molecule has 0 saturated carbocycles. The lowest BCUT2D eigenvalue weighted by Gasteiger charge is -2.47. The molecule has 5 atom stereocenters. The number of benzene rings is 1. The Labute approximate surface area is 177 Å². The van der Waals surface area contributed by atoms with Gasteiger partial charge in [0.1, 0.15) is 20.8 Å². The van der Waals surface area contributed by atoms with Gasteiger partial charge >= 0.3 is 11.9 Å². The third-order valence-electron chi connectivity index (χ3n) is 5.51. The Hall–Kier alpha value is -2.51. The molecule has 0 aromatic heterocycles. The second-order valence-corrected chi connectivity index (χ2v) is 8.06. The first-order valence-electron chi connectivity index (χ1n) is 9.46. The van der Waals surface area contributed by atoms with Crippen LogP contribution in [0.1, 0.15) is 43.6 Å². The van der Waals surface area contributed by atoms with Crippen molar-refractivity contribution in [2.75, 3.05) is 0 Å². The third-order valence-corrected chi connectivity index (χ3v) is 5.91. The van der Waals surface area contributed by atoms with Crippen molar-refractivity contribution in [3.05, 3.63) is 41.1 Å². The van der Waals surface area contributed by atoms with Crippen molar-refractivity contribution in [1.82, 2.24) is 9.90 Å². The number of ether oxygens (including phenoxy) is 1. The van der Waals surface area contributed by atoms with Crippen LogP contribution >= 0.6 is 8.96 Å². The number of nitrogens with zero attached hydrogens (tertiary/aromatic N) is 1. The summed E-state index contributed by atoms with van der Waals surface area (Å²) in [7, 11) is 4.74. The Morgan fingerprint density at radius 2 is 1.83 bits per heavy atom. The van der Waals surface area contributed by atoms with E-state index in [4.69, 9.17) is 17.2 Å². The second-order valence-electron chi connectivity index (χ2n) is 7.36. The van der Waals surface area contributed by atoms with E-state index < -0.39 is 32.9 Å². The Bertz CT molecular complexity index is 932. The van der Waals surface area contributed by atoms with Gasteiger partial charge in [0.25, 0.3) is 0 Å². The Balaban J connectivity index is 2.01. The molecule has 156 valence electrons. The van der Waals surface area contributed by atoms with Crippen LogP contribution in [0.15, 0.2) is 30.0 Å². The van der Waals surface area contributed by atoms with Crippen molar-refractivity contribution in [1.29, 1.82) is 0 Å². The molecule has 1 amide bonds. The molecule has 0 bridgehead atoms. The molecule has 3 rings (SSSR count). The van der Waals surface area contributed by atoms with Crippen molar-refractivity contribution < 1.29 is 28.4 Å². The summed E-state index contributed by atoms with van der Waals surface area (Å²) in [5.41, 5.74) is 2.06. The summed E-state index contributed by atoms with van der Waals surface area (Å²) in [5.74, 6) is -2.28. The van der Waals surface area contributed by atoms with Crippen LogP contribution in [0.5, 0.6) is 0 Å². The third kappa shape index (κ3) is 3.79. The predicted molar refractivity (Wildman–Crippen MR) is 111 cm³/mol. The molecule has 2 radical (unpaired) electrons. The molecule has 10 heteroatoms. The highest BCUT2D eigenvalue weighted by molar-refractivity contribution is 7.32. The van der Waals surface area contributed by atoms with Crippen LogP contribution in [0.2, 0.25) is 0 Å². The van der Waals surface area contributed by atoms with Crippen LogP contribution in [0.4, 0.5) is 0 Å². The standard InChI is InChI=1S/C20H22BN2O6P/c1-9-15(14-7-5-13(6-8-14)10(2)24)18(20(27)29-30-22-21)23-17(9)16(19(23)26)11(3)28-12(4)25/h5-9,11,16-17,22,30H,1-4H3/t9-,11+,16+,17+/m0/s1. The van der Waals surface area contributed by atoms with Gasteiger partial charge < -0.3 is 19.2 Å². The van der Waals surface area contributed by atoms with Crippen molar-refractivity contribution in [2.45, 2.75) is 39.8 Å². The number of amides is 1. The first kappa shape index (κ1) is 22.2. The average molecular weight is 428 g/mol. The van der Waals surface area contributed by atoms with E-state index in [1.165, 1.54) is 18.7 Å². The summed E-state index contributed by atoms with van der Waals surface area (Å²) >= 11 is 0. The lowest BCUT2D eigenvalue weighted by atomic mass is 9.76. The molecule has 30 heavy (non-hydrogen) atoms. The average Bonchev–Trinajstić information content (AvgIpc) is 2.94. The number of fused-ring (bicyclic) bond motifs is 1. The number of hydrogen-bond donors (Lipinski definition) is 1. The molecule has 2 aliphatic rings. The highest BCUT2D eigenvalue weighted by atomic mass is 31.1. The molecular formula is C20H22BN2O6P. The zero-order valence-electron chi connectivity index (χ0n) is 17.1. The fraction of sp³-hybridized carbons (Fsp3) is 0.400. The smallest absolute Gasteiger partial charge is 0.359 e. The van der Waals surface area contributed by atoms with Gasteiger partial charge in [-0.15, -0.1) is 0 Å². The Morgan fingerprint density at radius 1 is 1.20 bits per heavy atom. The maximum Gasteiger partial charge on any atom is 0.359 e. The lowest BCUT2D eigenvalue weighted by molar-refractivity contribution is -0.170. The van der Waals surface area contributed by atoms with Gasteiger partial charge in [-0.05, 0) is 25.0 Å². The second kappa shape index (κ2) is 8.70. The van der Waals surface area contributed by atoms with E-state index in [-0.39, 0.29) is 29.3 Å². The van der Waals surface area contributed by atoms with Gasteiger partial charge in [-0.3, -0.25) is 14.4 Å². The first-order valence-corrected chi connectivity index (χ1v) is 10.4. The van der Waals surface area contributed by atoms with E-state index >= 15 is 0 Å². The van der Waals surface area contributed by atoms with E-state index in [0.29, 0.717) is 16.7 Å². The Kier molecular flexibility index (Phi) is 6.43. The molecule has 0 spiro atoms. The SMILES string of the molecule is [B]NPOC(=O)C1=C(c2ccc(C(C)=O)cc2)[C@H](C)[C@@H]2[C@@H]([C@@H](C)OC(C)=O)C(=O)N12. The van der Waals surface area contributed by atoms with E-state index in [1.54, 1.807) is 31.2 Å². The van der Waals surface area contributed by atoms with Crippen LogP contribution in [0, 0.1) is 11.8 Å². The fourth-order valence-corrected chi connectivity index (χ4v) is 4.52. The molecule has 2 aliphatic heterocycles. The number of esters is 1. The van der Waals surface area contributed by atoms with Crippen molar-refractivity contribution in [3.63, 3.8) is 0 Å². The molecular weight excluding hydrogens is 406 g/mol. The number of β-lactam (4-membered cyclic amide) rings is 1. The van der Waals surface area contributed by atoms with E-state index in [1.807, 2.05) is 6.92 Å². The highest BCUT2D eigenvalue weighted by Gasteiger charge is 2.61. The summed E-state index contributed by atoms with van der Waals surface area (Å²) in [5, 5.41) is 0. The van der Waals surface area contributed by atoms with Crippen LogP contribution in [0.25, 0.3) is 5.57 Å². The maximum absolute atomic E-state index is 12.9. The minimum absolute atomic E-state index is 0.0703. The Morgan fingerprint density at radius 3 is 2.37 bits per heavy atom. The van der Waals surface area contributed by atoms with Gasteiger partial charge in [0.15, 0.2) is 13.8 Å². The first-order chi connectivity index (χ1) is 14.2. The molecule has 1 fully saturated rings. The van der Waals surface area contributed by atoms with Crippen molar-refractivity contribution in [3.8, 4) is 0 Å². The lowest BCUT2D eigenvalue weighted by Crippen LogP contribution is -2.64. The number of ketones is 1. The van der Waals surface area contributed by atoms with Crippen molar-refractivity contribution in [2.24, 2.45) is 11.8 Å². The summed E-state index contributed by atoms with van der Waals surface area (Å²) < 4.78 is 10.4. The topological polar surface area (TPSA) is 102 Å². The molecule has 2 heterocycles. The zero-order valence-corrected chi connectivity index (χ0v) is 18.1. The van der Waals surface area contributed by atoms with Gasteiger partial charge in [-0.2, -0.15) is 0 Å². The van der Waals surface area contributed by atoms with Crippen LogP contribution in [-0.4, -0.2) is 48.7 Å². The van der Waals surface area contributed by atoms with Crippen LogP contribution < -0.4 is 5.00 Å². The number of hydrogen-bond acceptors (Lipinski definition) is 7. The van der Waals surface area contributed by atoms with E-state index in [0.717, 1.165) is 0 Å². The maximum atomic E-state index is 12.9. The van der Waals surface area contributed by atoms with Gasteiger partial charge in [0, 0.05) is 18.4 Å². The molecule has 0 aliphatic carbocycles. The summed E-state index contributed by atoms with van der Waals surface area (Å²) in [6.45, 7) is 6.35. The van der Waals surface area contributed by atoms with Gasteiger partial charge in [-0.25, -0.2) is 4.79 Å². The summed E-state index contributed by atoms with van der Waals surface area (Å²) in [6.07, 6.45) is -0.622. The van der Waals surface area contributed by atoms with Crippen LogP contribution in [-0.2, 0) is 23.6 Å². The highest BCUT2D eigenvalue weighted by Crippen LogP contribution is 2.51. The monoisotopic (exact) mass is 428 g/mol. The van der Waals surface area contributed by atoms with E-state index in [9.17, 15) is 19.2 Å². The van der Waals surface area contributed by atoms with E-state index in [2.05, 4.69) is 5.00 Å². The zero-order chi connectivity index (χ0) is 22.2. The summed E-state index contributed by atoms with van der Waals surface area (Å²) in [6, 6.07) is 6.52. The number of nitrogens with one attached hydrogen (secondary N) is 1. The molecule has 1 N–H and O–H groups in total. The predicted octanol–water partition coefficient (Wildman–Crippen LogP) is 1.75. The number of rotatable bonds is 7. The minimum atomic E-state index is -0.668. The van der Waals surface area contributed by atoms with Gasteiger partial charge in [0.05, 0.1) is 12.0 Å². The molecule has 1 unspecified atom stereocenters. The number of Topliss-reactive ketones (excluding diaryl/α,β-unsaturated/α-hetero) is 1. The molecule has 1 saturated heterocycles. The minimum Gasteiger partial charge on any atom is -0.462 e. The van der Waals surface area contributed by atoms with Gasteiger partial charge in [-0.1, -0.05) is 31.2 Å². The van der Waals surface area contributed by atoms with Crippen molar-refractivity contribution >= 4 is 46.1 Å². The summed E-state index contributed by atoms with van der Waals surface area (Å²) in [4.78, 5) is 52.4. The molecule has 8 nitrogen and oxygen atoms in total. The number of carbonyl (C=O) groups excluding carboxylic acids is 4. The fourth-order valence-electron chi connectivity index (χ4n) is 4.27. The largest absolute Gasteiger partial charge is 0.462 e. The quantitative estimate of drug-likeness (QED) is 0.232. The normalized spacial score (nSPS) is 23.9. The van der Waals surface area contributed by atoms with Gasteiger partial charge in [0.2, 0.25) is 5.91 Å². The number of carbonyl (C=O) groups is 4. The molecule has 1 aromatic carbocycles.